The van der Waals surface area contributed by atoms with E-state index in [1.807, 2.05) is 19.9 Å². The molecule has 0 radical (unpaired) electrons. The molecule has 0 aromatic heterocycles. The molecule has 1 saturated carbocycles. The van der Waals surface area contributed by atoms with Crippen LogP contribution in [0.2, 0.25) is 0 Å². The molecule has 1 aliphatic rings. The Morgan fingerprint density at radius 2 is 1.85 bits per heavy atom. The van der Waals surface area contributed by atoms with E-state index in [2.05, 4.69) is 0 Å². The minimum Gasteiger partial charge on any atom is -0.513 e. The van der Waals surface area contributed by atoms with Crippen LogP contribution in [0.25, 0.3) is 0 Å². The van der Waals surface area contributed by atoms with E-state index in [0.29, 0.717) is 24.5 Å². The molecule has 1 fully saturated rings. The van der Waals surface area contributed by atoms with Gasteiger partial charge in [0.15, 0.2) is 0 Å². The molecule has 1 rings (SSSR count). The number of aliphatic hydroxyl groups excluding tert-OH is 1. The van der Waals surface area contributed by atoms with Gasteiger partial charge in [-0.1, -0.05) is 33.1 Å². The van der Waals surface area contributed by atoms with E-state index < -0.39 is 12.6 Å². The van der Waals surface area contributed by atoms with Crippen LogP contribution in [0.1, 0.15) is 65.2 Å². The average Bonchev–Trinajstić information content (AvgIpc) is 2.50. The molecule has 4 heteroatoms. The third-order valence-corrected chi connectivity index (χ3v) is 4.52. The zero-order valence-electron chi connectivity index (χ0n) is 12.5. The molecule has 0 aromatic rings. The quantitative estimate of drug-likeness (QED) is 0.485. The molecule has 3 atom stereocenters. The van der Waals surface area contributed by atoms with Crippen molar-refractivity contribution in [2.45, 2.75) is 71.4 Å². The molecule has 0 saturated heterocycles. The number of hydrogen-bond donors (Lipinski definition) is 1. The van der Waals surface area contributed by atoms with Crippen molar-refractivity contribution in [3.8, 4) is 0 Å². The van der Waals surface area contributed by atoms with Gasteiger partial charge in [-0.2, -0.15) is 13.2 Å². The summed E-state index contributed by atoms with van der Waals surface area (Å²) in [5.41, 5.74) is 0. The molecule has 0 aliphatic heterocycles. The fourth-order valence-electron chi connectivity index (χ4n) is 3.19. The SMILES string of the molecule is CC/C=C(/O)CCC1CCC(C)[C@H](CC(F)(F)F)CC1. The van der Waals surface area contributed by atoms with E-state index in [4.69, 9.17) is 0 Å². The summed E-state index contributed by atoms with van der Waals surface area (Å²) in [5, 5.41) is 9.62. The van der Waals surface area contributed by atoms with E-state index in [-0.39, 0.29) is 11.8 Å². The van der Waals surface area contributed by atoms with Crippen molar-refractivity contribution in [1.82, 2.24) is 0 Å². The highest BCUT2D eigenvalue weighted by Gasteiger charge is 2.35. The second-order valence-corrected chi connectivity index (χ2v) is 6.22. The van der Waals surface area contributed by atoms with Gasteiger partial charge in [0.1, 0.15) is 0 Å². The van der Waals surface area contributed by atoms with Gasteiger partial charge in [-0.3, -0.25) is 0 Å². The lowest BCUT2D eigenvalue weighted by Gasteiger charge is -2.22. The standard InChI is InChI=1S/C16H27F3O/c1-3-4-15(20)10-8-13-6-5-12(2)14(9-7-13)11-16(17,18)19/h4,12-14,20H,3,5-11H2,1-2H3/b15-4+/t12?,13?,14-/m0/s1. The van der Waals surface area contributed by atoms with Crippen molar-refractivity contribution in [2.24, 2.45) is 17.8 Å². The van der Waals surface area contributed by atoms with Crippen LogP contribution in [0.3, 0.4) is 0 Å². The van der Waals surface area contributed by atoms with Gasteiger partial charge in [0.2, 0.25) is 0 Å². The Hall–Kier alpha value is -0.670. The third-order valence-electron chi connectivity index (χ3n) is 4.52. The molecule has 1 N–H and O–H groups in total. The molecular weight excluding hydrogens is 265 g/mol. The van der Waals surface area contributed by atoms with Crippen LogP contribution in [-0.2, 0) is 0 Å². The molecule has 118 valence electrons. The van der Waals surface area contributed by atoms with Gasteiger partial charge < -0.3 is 5.11 Å². The van der Waals surface area contributed by atoms with Gasteiger partial charge in [-0.05, 0) is 43.1 Å². The third kappa shape index (κ3) is 6.67. The van der Waals surface area contributed by atoms with E-state index >= 15 is 0 Å². The number of hydrogen-bond acceptors (Lipinski definition) is 1. The maximum atomic E-state index is 12.5. The monoisotopic (exact) mass is 292 g/mol. The Kier molecular flexibility index (Phi) is 6.90. The molecule has 0 aromatic carbocycles. The molecule has 2 unspecified atom stereocenters. The highest BCUT2D eigenvalue weighted by Crippen LogP contribution is 2.39. The number of allylic oxidation sites excluding steroid dienone is 2. The number of rotatable bonds is 5. The molecule has 20 heavy (non-hydrogen) atoms. The Bertz CT molecular complexity index is 309. The van der Waals surface area contributed by atoms with Crippen molar-refractivity contribution < 1.29 is 18.3 Å². The highest BCUT2D eigenvalue weighted by molar-refractivity contribution is 4.90. The van der Waals surface area contributed by atoms with Crippen LogP contribution in [0, 0.1) is 17.8 Å². The zero-order valence-corrected chi connectivity index (χ0v) is 12.5. The number of alkyl halides is 3. The van der Waals surface area contributed by atoms with Gasteiger partial charge in [0.05, 0.1) is 5.76 Å². The Morgan fingerprint density at radius 1 is 1.20 bits per heavy atom. The normalized spacial score (nSPS) is 29.2. The highest BCUT2D eigenvalue weighted by atomic mass is 19.4. The van der Waals surface area contributed by atoms with Crippen molar-refractivity contribution in [3.05, 3.63) is 11.8 Å². The maximum Gasteiger partial charge on any atom is 0.389 e. The van der Waals surface area contributed by atoms with Crippen molar-refractivity contribution in [2.75, 3.05) is 0 Å². The van der Waals surface area contributed by atoms with Gasteiger partial charge in [-0.15, -0.1) is 0 Å². The molecule has 1 aliphatic carbocycles. The molecular formula is C16H27F3O. The van der Waals surface area contributed by atoms with Crippen LogP contribution >= 0.6 is 0 Å². The summed E-state index contributed by atoms with van der Waals surface area (Å²) < 4.78 is 37.6. The molecule has 0 spiro atoms. The lowest BCUT2D eigenvalue weighted by Crippen LogP contribution is -2.19. The number of aliphatic hydroxyl groups is 1. The Balaban J connectivity index is 2.43. The summed E-state index contributed by atoms with van der Waals surface area (Å²) in [6.07, 6.45) is 2.92. The smallest absolute Gasteiger partial charge is 0.389 e. The van der Waals surface area contributed by atoms with Crippen molar-refractivity contribution >= 4 is 0 Å². The zero-order chi connectivity index (χ0) is 15.2. The van der Waals surface area contributed by atoms with Gasteiger partial charge in [-0.25, -0.2) is 0 Å². The number of halogens is 3. The summed E-state index contributed by atoms with van der Waals surface area (Å²) in [6, 6.07) is 0. The van der Waals surface area contributed by atoms with E-state index in [0.717, 1.165) is 32.1 Å². The summed E-state index contributed by atoms with van der Waals surface area (Å²) in [4.78, 5) is 0. The average molecular weight is 292 g/mol. The summed E-state index contributed by atoms with van der Waals surface area (Å²) in [5.74, 6) is 0.820. The summed E-state index contributed by atoms with van der Waals surface area (Å²) in [6.45, 7) is 3.93. The first kappa shape index (κ1) is 17.4. The molecule has 0 heterocycles. The predicted molar refractivity (Wildman–Crippen MR) is 75.5 cm³/mol. The first-order chi connectivity index (χ1) is 9.31. The van der Waals surface area contributed by atoms with Crippen LogP contribution < -0.4 is 0 Å². The molecule has 1 nitrogen and oxygen atoms in total. The van der Waals surface area contributed by atoms with Crippen LogP contribution in [0.15, 0.2) is 11.8 Å². The molecule has 0 bridgehead atoms. The second kappa shape index (κ2) is 7.94. The minimum absolute atomic E-state index is 0.154. The van der Waals surface area contributed by atoms with E-state index in [1.165, 1.54) is 0 Å². The van der Waals surface area contributed by atoms with Crippen molar-refractivity contribution in [3.63, 3.8) is 0 Å². The predicted octanol–water partition coefficient (Wildman–Crippen LogP) is 6.01. The van der Waals surface area contributed by atoms with Gasteiger partial charge >= 0.3 is 6.18 Å². The van der Waals surface area contributed by atoms with Crippen LogP contribution in [0.4, 0.5) is 13.2 Å². The minimum atomic E-state index is -4.04. The van der Waals surface area contributed by atoms with E-state index in [1.54, 1.807) is 0 Å². The van der Waals surface area contributed by atoms with Crippen LogP contribution in [0.5, 0.6) is 0 Å². The fourth-order valence-corrected chi connectivity index (χ4v) is 3.19. The topological polar surface area (TPSA) is 20.2 Å². The lowest BCUT2D eigenvalue weighted by molar-refractivity contribution is -0.148. The second-order valence-electron chi connectivity index (χ2n) is 6.22. The summed E-state index contributed by atoms with van der Waals surface area (Å²) >= 11 is 0. The van der Waals surface area contributed by atoms with Crippen molar-refractivity contribution in [1.29, 1.82) is 0 Å². The summed E-state index contributed by atoms with van der Waals surface area (Å²) in [7, 11) is 0. The first-order valence-corrected chi connectivity index (χ1v) is 7.76. The largest absolute Gasteiger partial charge is 0.513 e. The Morgan fingerprint density at radius 3 is 2.45 bits per heavy atom. The van der Waals surface area contributed by atoms with E-state index in [9.17, 15) is 18.3 Å². The van der Waals surface area contributed by atoms with Gasteiger partial charge in [0, 0.05) is 12.8 Å². The Labute approximate surface area is 120 Å². The molecule has 0 amide bonds. The van der Waals surface area contributed by atoms with Gasteiger partial charge in [0.25, 0.3) is 0 Å². The fraction of sp³-hybridized carbons (Fsp3) is 0.875. The first-order valence-electron chi connectivity index (χ1n) is 7.76. The lowest BCUT2D eigenvalue weighted by atomic mass is 9.87. The van der Waals surface area contributed by atoms with Crippen LogP contribution in [-0.4, -0.2) is 11.3 Å². The maximum absolute atomic E-state index is 12.5.